The van der Waals surface area contributed by atoms with E-state index in [2.05, 4.69) is 53.1 Å². The number of hydrogen-bond donors (Lipinski definition) is 0. The lowest BCUT2D eigenvalue weighted by molar-refractivity contribution is 0.616. The van der Waals surface area contributed by atoms with Crippen molar-refractivity contribution in [1.82, 2.24) is 9.55 Å². The topological polar surface area (TPSA) is 31.0 Å². The summed E-state index contributed by atoms with van der Waals surface area (Å²) >= 11 is 0. The van der Waals surface area contributed by atoms with Gasteiger partial charge in [0.2, 0.25) is 0 Å². The highest BCUT2D eigenvalue weighted by molar-refractivity contribution is 5.98. The molecule has 0 N–H and O–H groups in total. The third-order valence-electron chi connectivity index (χ3n) is 5.23. The first-order valence-corrected chi connectivity index (χ1v) is 9.23. The van der Waals surface area contributed by atoms with Gasteiger partial charge >= 0.3 is 0 Å². The molecule has 0 spiro atoms. The molecule has 0 bridgehead atoms. The minimum atomic E-state index is 0.431. The summed E-state index contributed by atoms with van der Waals surface area (Å²) in [7, 11) is 0. The molecule has 2 aromatic heterocycles. The van der Waals surface area contributed by atoms with Crippen LogP contribution in [-0.4, -0.2) is 9.55 Å². The monoisotopic (exact) mass is 361 g/mol. The predicted molar refractivity (Wildman–Crippen MR) is 114 cm³/mol. The van der Waals surface area contributed by atoms with Crippen LogP contribution in [0.25, 0.3) is 49.9 Å². The second-order valence-corrected chi connectivity index (χ2v) is 6.83. The summed E-state index contributed by atoms with van der Waals surface area (Å²) in [5.41, 5.74) is 4.68. The molecule has 0 unspecified atom stereocenters. The van der Waals surface area contributed by atoms with Crippen molar-refractivity contribution in [3.8, 4) is 17.1 Å². The van der Waals surface area contributed by atoms with Gasteiger partial charge in [0.1, 0.15) is 17.7 Å². The van der Waals surface area contributed by atoms with Crippen LogP contribution in [-0.2, 0) is 0 Å². The molecule has 3 nitrogen and oxygen atoms in total. The van der Waals surface area contributed by atoms with Crippen molar-refractivity contribution in [1.29, 1.82) is 0 Å². The fourth-order valence-electron chi connectivity index (χ4n) is 3.95. The lowest BCUT2D eigenvalue weighted by Gasteiger charge is -2.12. The maximum absolute atomic E-state index is 7.87. The van der Waals surface area contributed by atoms with E-state index in [9.17, 15) is 0 Å². The predicted octanol–water partition coefficient (Wildman–Crippen LogP) is 6.59. The SMILES string of the molecule is [2H]c1ccc2c(-c3nc4ccccc4n3-c3cccc4ccccc34)coc2c1. The fraction of sp³-hybridized carbons (Fsp3) is 0. The number of benzene rings is 4. The van der Waals surface area contributed by atoms with E-state index in [0.717, 1.165) is 33.5 Å². The third-order valence-corrected chi connectivity index (χ3v) is 5.23. The molecule has 0 aliphatic rings. The van der Waals surface area contributed by atoms with Crippen molar-refractivity contribution < 1.29 is 5.79 Å². The van der Waals surface area contributed by atoms with E-state index in [1.165, 1.54) is 10.8 Å². The Morgan fingerprint density at radius 2 is 1.61 bits per heavy atom. The van der Waals surface area contributed by atoms with Gasteiger partial charge in [-0.25, -0.2) is 4.98 Å². The molecule has 0 fully saturated rings. The zero-order chi connectivity index (χ0) is 19.4. The molecule has 2 heterocycles. The van der Waals surface area contributed by atoms with Crippen LogP contribution in [0.15, 0.2) is 102 Å². The number of furan rings is 1. The Bertz CT molecular complexity index is 1520. The Morgan fingerprint density at radius 1 is 0.786 bits per heavy atom. The zero-order valence-corrected chi connectivity index (χ0v) is 15.0. The number of fused-ring (bicyclic) bond motifs is 3. The Kier molecular flexibility index (Phi) is 2.96. The fourth-order valence-corrected chi connectivity index (χ4v) is 3.95. The molecule has 0 atom stereocenters. The molecular weight excluding hydrogens is 344 g/mol. The summed E-state index contributed by atoms with van der Waals surface area (Å²) in [5, 5.41) is 3.31. The first-order chi connectivity index (χ1) is 14.3. The average molecular weight is 361 g/mol. The molecule has 6 rings (SSSR count). The quantitative estimate of drug-likeness (QED) is 0.348. The van der Waals surface area contributed by atoms with Crippen molar-refractivity contribution in [2.45, 2.75) is 0 Å². The molecule has 0 saturated carbocycles. The second-order valence-electron chi connectivity index (χ2n) is 6.83. The molecule has 6 aromatic rings. The van der Waals surface area contributed by atoms with Crippen molar-refractivity contribution in [3.05, 3.63) is 97.2 Å². The Labute approximate surface area is 162 Å². The van der Waals surface area contributed by atoms with E-state index in [0.29, 0.717) is 11.6 Å². The van der Waals surface area contributed by atoms with E-state index in [1.807, 2.05) is 24.3 Å². The molecule has 0 amide bonds. The smallest absolute Gasteiger partial charge is 0.149 e. The first-order valence-electron chi connectivity index (χ1n) is 9.73. The number of rotatable bonds is 2. The van der Waals surface area contributed by atoms with Crippen molar-refractivity contribution >= 4 is 32.8 Å². The summed E-state index contributed by atoms with van der Waals surface area (Å²) in [6.45, 7) is 0. The van der Waals surface area contributed by atoms with Gasteiger partial charge in [-0.1, -0.05) is 66.7 Å². The lowest BCUT2D eigenvalue weighted by atomic mass is 10.1. The van der Waals surface area contributed by atoms with Gasteiger partial charge in [0.05, 0.1) is 23.7 Å². The largest absolute Gasteiger partial charge is 0.464 e. The van der Waals surface area contributed by atoms with Crippen LogP contribution in [0.2, 0.25) is 0 Å². The standard InChI is InChI=1S/C25H16N2O/c1-2-10-18-17(8-1)9-7-14-22(18)27-23-13-5-4-12-21(23)26-25(27)20-16-28-24-15-6-3-11-19(20)24/h1-16H/i6D. The van der Waals surface area contributed by atoms with Gasteiger partial charge in [0.25, 0.3) is 0 Å². The molecule has 132 valence electrons. The summed E-state index contributed by atoms with van der Waals surface area (Å²) in [6, 6.07) is 28.8. The number of imidazole rings is 1. The van der Waals surface area contributed by atoms with Crippen molar-refractivity contribution in [2.75, 3.05) is 0 Å². The van der Waals surface area contributed by atoms with Crippen molar-refractivity contribution in [2.24, 2.45) is 0 Å². The average Bonchev–Trinajstić information content (AvgIpc) is 3.34. The summed E-state index contributed by atoms with van der Waals surface area (Å²) < 4.78 is 15.9. The van der Waals surface area contributed by atoms with Crippen LogP contribution in [0.3, 0.4) is 0 Å². The number of nitrogens with zero attached hydrogens (tertiary/aromatic N) is 2. The van der Waals surface area contributed by atoms with Gasteiger partial charge in [0.15, 0.2) is 0 Å². The number of aromatic nitrogens is 2. The lowest BCUT2D eigenvalue weighted by Crippen LogP contribution is -1.98. The van der Waals surface area contributed by atoms with Gasteiger partial charge in [-0.15, -0.1) is 0 Å². The third kappa shape index (κ3) is 2.13. The van der Waals surface area contributed by atoms with Gasteiger partial charge in [-0.3, -0.25) is 4.57 Å². The van der Waals surface area contributed by atoms with Crippen LogP contribution in [0.4, 0.5) is 0 Å². The highest BCUT2D eigenvalue weighted by atomic mass is 16.3. The summed E-state index contributed by atoms with van der Waals surface area (Å²) in [5.74, 6) is 0.832. The first kappa shape index (κ1) is 14.2. The van der Waals surface area contributed by atoms with Gasteiger partial charge < -0.3 is 4.42 Å². The van der Waals surface area contributed by atoms with E-state index < -0.39 is 0 Å². The molecule has 0 radical (unpaired) electrons. The number of hydrogen-bond acceptors (Lipinski definition) is 2. The Hall–Kier alpha value is -3.85. The molecule has 4 aromatic carbocycles. The molecular formula is C25H16N2O. The summed E-state index contributed by atoms with van der Waals surface area (Å²) in [4.78, 5) is 4.97. The van der Waals surface area contributed by atoms with E-state index >= 15 is 0 Å². The van der Waals surface area contributed by atoms with E-state index in [4.69, 9.17) is 10.8 Å². The molecule has 0 saturated heterocycles. The molecule has 28 heavy (non-hydrogen) atoms. The molecule has 3 heteroatoms. The van der Waals surface area contributed by atoms with Crippen LogP contribution >= 0.6 is 0 Å². The maximum Gasteiger partial charge on any atom is 0.149 e. The minimum Gasteiger partial charge on any atom is -0.464 e. The van der Waals surface area contributed by atoms with Crippen LogP contribution < -0.4 is 0 Å². The van der Waals surface area contributed by atoms with Crippen molar-refractivity contribution in [3.63, 3.8) is 0 Å². The van der Waals surface area contributed by atoms with Crippen LogP contribution in [0.1, 0.15) is 1.37 Å². The van der Waals surface area contributed by atoms with Crippen LogP contribution in [0.5, 0.6) is 0 Å². The molecule has 0 aliphatic carbocycles. The van der Waals surface area contributed by atoms with Gasteiger partial charge in [0, 0.05) is 10.8 Å². The van der Waals surface area contributed by atoms with E-state index in [-0.39, 0.29) is 0 Å². The highest BCUT2D eigenvalue weighted by Crippen LogP contribution is 2.36. The normalized spacial score (nSPS) is 12.1. The van der Waals surface area contributed by atoms with Gasteiger partial charge in [-0.05, 0) is 29.7 Å². The second kappa shape index (κ2) is 5.83. The Balaban J connectivity index is 1.74. The van der Waals surface area contributed by atoms with Crippen LogP contribution in [0, 0.1) is 0 Å². The number of para-hydroxylation sites is 3. The zero-order valence-electron chi connectivity index (χ0n) is 16.0. The maximum atomic E-state index is 7.87. The minimum absolute atomic E-state index is 0.431. The molecule has 0 aliphatic heterocycles. The van der Waals surface area contributed by atoms with Gasteiger partial charge in [-0.2, -0.15) is 0 Å². The Morgan fingerprint density at radius 3 is 2.61 bits per heavy atom. The highest BCUT2D eigenvalue weighted by Gasteiger charge is 2.19. The summed E-state index contributed by atoms with van der Waals surface area (Å²) in [6.07, 6.45) is 1.74. The van der Waals surface area contributed by atoms with E-state index in [1.54, 1.807) is 18.4 Å².